The molecule has 2 unspecified atom stereocenters. The highest BCUT2D eigenvalue weighted by Crippen LogP contribution is 2.65. The molecule has 0 spiro atoms. The van der Waals surface area contributed by atoms with Crippen LogP contribution in [0.5, 0.6) is 0 Å². The van der Waals surface area contributed by atoms with Crippen molar-refractivity contribution in [2.24, 2.45) is 34.5 Å². The number of hydrogen-bond acceptors (Lipinski definition) is 5. The number of carbonyl (C=O) groups is 2. The molecule has 5 nitrogen and oxygen atoms in total. The Kier molecular flexibility index (Phi) is 6.34. The molecule has 0 aromatic carbocycles. The van der Waals surface area contributed by atoms with E-state index in [1.165, 1.54) is 25.2 Å². The van der Waals surface area contributed by atoms with E-state index in [2.05, 4.69) is 32.9 Å². The molecule has 4 aliphatic rings. The van der Waals surface area contributed by atoms with Crippen LogP contribution in [0.4, 0.5) is 0 Å². The number of hydrogen-bond donors (Lipinski definition) is 1. The molecule has 0 heterocycles. The summed E-state index contributed by atoms with van der Waals surface area (Å²) < 4.78 is 10.8. The zero-order chi connectivity index (χ0) is 23.3. The maximum Gasteiger partial charge on any atom is 0.305 e. The number of carbonyl (C=O) groups excluding carboxylic acids is 2. The van der Waals surface area contributed by atoms with Gasteiger partial charge in [-0.15, -0.1) is 0 Å². The molecule has 0 bridgehead atoms. The Morgan fingerprint density at radius 1 is 1.22 bits per heavy atom. The van der Waals surface area contributed by atoms with Gasteiger partial charge in [0.2, 0.25) is 0 Å². The lowest BCUT2D eigenvalue weighted by Gasteiger charge is -2.58. The molecule has 0 saturated heterocycles. The number of allylic oxidation sites excluding steroid dienone is 3. The van der Waals surface area contributed by atoms with E-state index in [1.807, 2.05) is 0 Å². The summed E-state index contributed by atoms with van der Waals surface area (Å²) in [7, 11) is 1.45. The minimum Gasteiger partial charge on any atom is -0.469 e. The SMILES string of the molecule is COC(=O)CC[C@@H](C)C1=CCC2C3C(=CC[C@]12C)[C@@]1(C)CC[C@@H](O)C[C@H]1C[C@H]3OC(C)=O. The van der Waals surface area contributed by atoms with Crippen LogP contribution in [-0.4, -0.2) is 36.4 Å². The standard InChI is InChI=1S/C27H40O5/c1-16(6-9-24(30)31-5)20-7-8-21-25-22(11-13-27(20,21)4)26(3)12-10-19(29)14-18(26)15-23(25)32-17(2)28/h7,11,16,18-19,21,23,25,29H,6,8-10,12-15H2,1-5H3/t16-,18+,19-,21?,23-,25?,26+,27-/m1/s1. The van der Waals surface area contributed by atoms with E-state index in [-0.39, 0.29) is 40.9 Å². The number of esters is 2. The summed E-state index contributed by atoms with van der Waals surface area (Å²) in [6, 6.07) is 0. The van der Waals surface area contributed by atoms with Gasteiger partial charge in [0.1, 0.15) is 6.10 Å². The fourth-order valence-corrected chi connectivity index (χ4v) is 7.75. The van der Waals surface area contributed by atoms with E-state index in [1.54, 1.807) is 0 Å². The smallest absolute Gasteiger partial charge is 0.305 e. The summed E-state index contributed by atoms with van der Waals surface area (Å²) in [5.41, 5.74) is 3.04. The van der Waals surface area contributed by atoms with Crippen LogP contribution in [0.15, 0.2) is 23.3 Å². The molecule has 178 valence electrons. The van der Waals surface area contributed by atoms with Crippen molar-refractivity contribution in [2.45, 2.75) is 91.3 Å². The highest BCUT2D eigenvalue weighted by atomic mass is 16.5. The molecule has 0 aliphatic heterocycles. The molecule has 8 atom stereocenters. The first-order valence-corrected chi connectivity index (χ1v) is 12.4. The molecule has 1 N–H and O–H groups in total. The Morgan fingerprint density at radius 2 is 1.97 bits per heavy atom. The second kappa shape index (κ2) is 8.62. The average Bonchev–Trinajstić information content (AvgIpc) is 3.09. The van der Waals surface area contributed by atoms with E-state index >= 15 is 0 Å². The van der Waals surface area contributed by atoms with E-state index in [9.17, 15) is 14.7 Å². The molecule has 2 fully saturated rings. The van der Waals surface area contributed by atoms with Crippen LogP contribution in [-0.2, 0) is 19.1 Å². The van der Waals surface area contributed by atoms with Crippen molar-refractivity contribution in [3.63, 3.8) is 0 Å². The Morgan fingerprint density at radius 3 is 2.66 bits per heavy atom. The van der Waals surface area contributed by atoms with Gasteiger partial charge >= 0.3 is 11.9 Å². The van der Waals surface area contributed by atoms with Crippen LogP contribution in [0, 0.1) is 34.5 Å². The van der Waals surface area contributed by atoms with Crippen molar-refractivity contribution in [2.75, 3.05) is 7.11 Å². The van der Waals surface area contributed by atoms with Gasteiger partial charge < -0.3 is 14.6 Å². The zero-order valence-electron chi connectivity index (χ0n) is 20.4. The first kappa shape index (κ1) is 23.5. The number of fused-ring (bicyclic) bond motifs is 5. The molecule has 5 heteroatoms. The zero-order valence-corrected chi connectivity index (χ0v) is 20.4. The molecular formula is C27H40O5. The molecule has 0 radical (unpaired) electrons. The van der Waals surface area contributed by atoms with Gasteiger partial charge in [-0.05, 0) is 73.5 Å². The van der Waals surface area contributed by atoms with Gasteiger partial charge in [-0.1, -0.05) is 44.1 Å². The van der Waals surface area contributed by atoms with Crippen LogP contribution in [0.2, 0.25) is 0 Å². The monoisotopic (exact) mass is 444 g/mol. The lowest BCUT2D eigenvalue weighted by molar-refractivity contribution is -0.157. The Hall–Kier alpha value is -1.62. The topological polar surface area (TPSA) is 72.8 Å². The fourth-order valence-electron chi connectivity index (χ4n) is 7.75. The van der Waals surface area contributed by atoms with Crippen molar-refractivity contribution >= 4 is 11.9 Å². The Balaban J connectivity index is 1.64. The Labute approximate surface area is 192 Å². The lowest BCUT2D eigenvalue weighted by atomic mass is 9.47. The summed E-state index contributed by atoms with van der Waals surface area (Å²) in [5, 5.41) is 10.4. The van der Waals surface area contributed by atoms with Gasteiger partial charge in [-0.2, -0.15) is 0 Å². The average molecular weight is 445 g/mol. The number of ether oxygens (including phenoxy) is 2. The third-order valence-corrected chi connectivity index (χ3v) is 9.50. The van der Waals surface area contributed by atoms with Crippen molar-refractivity contribution in [3.05, 3.63) is 23.3 Å². The number of methoxy groups -OCH3 is 1. The number of rotatable bonds is 5. The van der Waals surface area contributed by atoms with Crippen LogP contribution in [0.25, 0.3) is 0 Å². The minimum atomic E-state index is -0.243. The maximum atomic E-state index is 12.1. The van der Waals surface area contributed by atoms with Gasteiger partial charge in [0.25, 0.3) is 0 Å². The maximum absolute atomic E-state index is 12.1. The van der Waals surface area contributed by atoms with Crippen molar-refractivity contribution in [1.82, 2.24) is 0 Å². The highest BCUT2D eigenvalue weighted by Gasteiger charge is 2.59. The second-order valence-corrected chi connectivity index (χ2v) is 11.3. The molecule has 0 aromatic heterocycles. The van der Waals surface area contributed by atoms with E-state index in [0.717, 1.165) is 44.9 Å². The van der Waals surface area contributed by atoms with Crippen molar-refractivity contribution in [3.8, 4) is 0 Å². The third-order valence-electron chi connectivity index (χ3n) is 9.50. The number of aliphatic hydroxyl groups is 1. The largest absolute Gasteiger partial charge is 0.469 e. The highest BCUT2D eigenvalue weighted by molar-refractivity contribution is 5.69. The van der Waals surface area contributed by atoms with E-state index in [4.69, 9.17) is 9.47 Å². The predicted octanol–water partition coefficient (Wildman–Crippen LogP) is 4.98. The van der Waals surface area contributed by atoms with E-state index in [0.29, 0.717) is 24.2 Å². The van der Waals surface area contributed by atoms with Crippen molar-refractivity contribution in [1.29, 1.82) is 0 Å². The van der Waals surface area contributed by atoms with Crippen molar-refractivity contribution < 1.29 is 24.2 Å². The summed E-state index contributed by atoms with van der Waals surface area (Å²) in [6.07, 6.45) is 11.2. The summed E-state index contributed by atoms with van der Waals surface area (Å²) in [5.74, 6) is 0.962. The van der Waals surface area contributed by atoms with Crippen LogP contribution in [0.3, 0.4) is 0 Å². The fraction of sp³-hybridized carbons (Fsp3) is 0.778. The first-order chi connectivity index (χ1) is 15.1. The van der Waals surface area contributed by atoms with Gasteiger partial charge in [-0.25, -0.2) is 0 Å². The van der Waals surface area contributed by atoms with E-state index < -0.39 is 0 Å². The first-order valence-electron chi connectivity index (χ1n) is 12.4. The van der Waals surface area contributed by atoms with Crippen LogP contribution < -0.4 is 0 Å². The second-order valence-electron chi connectivity index (χ2n) is 11.3. The molecular weight excluding hydrogens is 404 g/mol. The number of aliphatic hydroxyl groups excluding tert-OH is 1. The third kappa shape index (κ3) is 3.85. The molecule has 2 saturated carbocycles. The normalized spacial score (nSPS) is 41.4. The van der Waals surface area contributed by atoms with Crippen LogP contribution in [0.1, 0.15) is 79.1 Å². The minimum absolute atomic E-state index is 0.0273. The van der Waals surface area contributed by atoms with Gasteiger partial charge in [-0.3, -0.25) is 9.59 Å². The molecule has 0 aromatic rings. The predicted molar refractivity (Wildman–Crippen MR) is 123 cm³/mol. The Bertz CT molecular complexity index is 828. The van der Waals surface area contributed by atoms with Gasteiger partial charge in [0.05, 0.1) is 13.2 Å². The van der Waals surface area contributed by atoms with Crippen LogP contribution >= 0.6 is 0 Å². The quantitative estimate of drug-likeness (QED) is 0.478. The molecule has 4 rings (SSSR count). The summed E-state index contributed by atoms with van der Waals surface area (Å²) >= 11 is 0. The molecule has 32 heavy (non-hydrogen) atoms. The van der Waals surface area contributed by atoms with Gasteiger partial charge in [0, 0.05) is 19.3 Å². The molecule has 0 amide bonds. The molecule has 4 aliphatic carbocycles. The van der Waals surface area contributed by atoms with Gasteiger partial charge in [0.15, 0.2) is 0 Å². The lowest BCUT2D eigenvalue weighted by Crippen LogP contribution is -2.54. The summed E-state index contributed by atoms with van der Waals surface area (Å²) in [6.45, 7) is 8.51. The summed E-state index contributed by atoms with van der Waals surface area (Å²) in [4.78, 5) is 23.8.